The van der Waals surface area contributed by atoms with Crippen LogP contribution in [0.2, 0.25) is 0 Å². The molecule has 0 radical (unpaired) electrons. The van der Waals surface area contributed by atoms with Crippen molar-refractivity contribution in [2.24, 2.45) is 0 Å². The predicted octanol–water partition coefficient (Wildman–Crippen LogP) is -1.19. The third kappa shape index (κ3) is 8.93. The molecule has 4 amide bonds. The van der Waals surface area contributed by atoms with Crippen molar-refractivity contribution in [1.82, 2.24) is 21.3 Å². The molecule has 0 unspecified atom stereocenters. The van der Waals surface area contributed by atoms with Crippen LogP contribution in [0.4, 0.5) is 0 Å². The largest absolute Gasteiger partial charge is 0.355 e. The Balaban J connectivity index is 2.38. The molecule has 0 spiro atoms. The minimum absolute atomic E-state index is 0.0317. The Morgan fingerprint density at radius 3 is 1.32 bits per heavy atom. The van der Waals surface area contributed by atoms with E-state index in [1.54, 1.807) is 0 Å². The molecule has 0 aromatic rings. The molecule has 124 valence electrons. The molecule has 0 aromatic carbocycles. The van der Waals surface area contributed by atoms with E-state index in [0.717, 1.165) is 12.8 Å². The summed E-state index contributed by atoms with van der Waals surface area (Å²) in [5.41, 5.74) is 0. The molecule has 0 aromatic heterocycles. The van der Waals surface area contributed by atoms with Gasteiger partial charge < -0.3 is 21.3 Å². The van der Waals surface area contributed by atoms with Crippen LogP contribution in [0.15, 0.2) is 0 Å². The summed E-state index contributed by atoms with van der Waals surface area (Å²) in [4.78, 5) is 45.9. The molecule has 1 rings (SSSR count). The zero-order chi connectivity index (χ0) is 16.2. The second kappa shape index (κ2) is 10.6. The molecule has 1 aliphatic rings. The second-order valence-electron chi connectivity index (χ2n) is 5.17. The van der Waals surface area contributed by atoms with Crippen molar-refractivity contribution < 1.29 is 19.2 Å². The van der Waals surface area contributed by atoms with Gasteiger partial charge in [-0.2, -0.15) is 0 Å². The highest BCUT2D eigenvalue weighted by Crippen LogP contribution is 1.99. The lowest BCUT2D eigenvalue weighted by atomic mass is 10.2. The first-order chi connectivity index (χ1) is 10.6. The maximum absolute atomic E-state index is 11.5. The lowest BCUT2D eigenvalue weighted by molar-refractivity contribution is -0.126. The Morgan fingerprint density at radius 2 is 0.909 bits per heavy atom. The van der Waals surface area contributed by atoms with Gasteiger partial charge in [-0.1, -0.05) is 0 Å². The van der Waals surface area contributed by atoms with Crippen molar-refractivity contribution >= 4 is 23.6 Å². The SMILES string of the molecule is O=C1CCCCC(=O)NCC(=O)NCCCCNC(=O)CN1. The topological polar surface area (TPSA) is 116 Å². The summed E-state index contributed by atoms with van der Waals surface area (Å²) in [6, 6.07) is 0. The third-order valence-electron chi connectivity index (χ3n) is 3.20. The van der Waals surface area contributed by atoms with Crippen LogP contribution in [0, 0.1) is 0 Å². The van der Waals surface area contributed by atoms with E-state index in [0.29, 0.717) is 25.9 Å². The van der Waals surface area contributed by atoms with Gasteiger partial charge in [-0.15, -0.1) is 0 Å². The van der Waals surface area contributed by atoms with E-state index in [4.69, 9.17) is 0 Å². The quantitative estimate of drug-likeness (QED) is 0.450. The van der Waals surface area contributed by atoms with Gasteiger partial charge in [0.05, 0.1) is 13.1 Å². The van der Waals surface area contributed by atoms with Gasteiger partial charge in [0.25, 0.3) is 0 Å². The molecule has 8 heteroatoms. The minimum Gasteiger partial charge on any atom is -0.355 e. The standard InChI is InChI=1S/C14H24N4O4/c19-11-5-1-2-6-12(20)18-10-14(22)16-8-4-3-7-15-13(21)9-17-11/h1-10H2,(H,15,21)(H,16,22)(H,17,19)(H,18,20). The van der Waals surface area contributed by atoms with Gasteiger partial charge in [0.15, 0.2) is 0 Å². The van der Waals surface area contributed by atoms with Crippen LogP contribution in [0.3, 0.4) is 0 Å². The number of nitrogens with one attached hydrogen (secondary N) is 4. The van der Waals surface area contributed by atoms with Gasteiger partial charge in [0.2, 0.25) is 23.6 Å². The average Bonchev–Trinajstić information content (AvgIpc) is 2.50. The maximum atomic E-state index is 11.5. The highest BCUT2D eigenvalue weighted by Gasteiger charge is 2.08. The maximum Gasteiger partial charge on any atom is 0.239 e. The lowest BCUT2D eigenvalue weighted by Gasteiger charge is -2.09. The molecule has 1 saturated heterocycles. The molecule has 8 nitrogen and oxygen atoms in total. The Morgan fingerprint density at radius 1 is 0.500 bits per heavy atom. The molecular weight excluding hydrogens is 288 g/mol. The summed E-state index contributed by atoms with van der Waals surface area (Å²) in [5, 5.41) is 10.5. The van der Waals surface area contributed by atoms with Crippen molar-refractivity contribution in [3.05, 3.63) is 0 Å². The zero-order valence-corrected chi connectivity index (χ0v) is 12.7. The second-order valence-corrected chi connectivity index (χ2v) is 5.17. The van der Waals surface area contributed by atoms with Crippen LogP contribution in [-0.2, 0) is 19.2 Å². The summed E-state index contributed by atoms with van der Waals surface area (Å²) >= 11 is 0. The van der Waals surface area contributed by atoms with Crippen molar-refractivity contribution in [1.29, 1.82) is 0 Å². The molecule has 0 bridgehead atoms. The van der Waals surface area contributed by atoms with Crippen LogP contribution < -0.4 is 21.3 Å². The van der Waals surface area contributed by atoms with Crippen LogP contribution in [0.25, 0.3) is 0 Å². The summed E-state index contributed by atoms with van der Waals surface area (Å²) in [6.45, 7) is 0.939. The number of carbonyl (C=O) groups is 4. The Hall–Kier alpha value is -2.12. The van der Waals surface area contributed by atoms with Gasteiger partial charge >= 0.3 is 0 Å². The van der Waals surface area contributed by atoms with Crippen molar-refractivity contribution in [3.63, 3.8) is 0 Å². The fourth-order valence-corrected chi connectivity index (χ4v) is 1.94. The molecule has 1 heterocycles. The number of hydrogen-bond acceptors (Lipinski definition) is 4. The molecule has 22 heavy (non-hydrogen) atoms. The monoisotopic (exact) mass is 312 g/mol. The van der Waals surface area contributed by atoms with Crippen molar-refractivity contribution in [3.8, 4) is 0 Å². The van der Waals surface area contributed by atoms with Crippen molar-refractivity contribution in [2.75, 3.05) is 26.2 Å². The predicted molar refractivity (Wildman–Crippen MR) is 79.7 cm³/mol. The minimum atomic E-state index is -0.224. The van der Waals surface area contributed by atoms with Gasteiger partial charge in [-0.25, -0.2) is 0 Å². The van der Waals surface area contributed by atoms with Gasteiger partial charge in [-0.05, 0) is 25.7 Å². The molecule has 0 atom stereocenters. The first kappa shape index (κ1) is 17.9. The molecule has 4 N–H and O–H groups in total. The first-order valence-electron chi connectivity index (χ1n) is 7.64. The Labute approximate surface area is 129 Å². The molecule has 1 fully saturated rings. The van der Waals surface area contributed by atoms with E-state index < -0.39 is 0 Å². The highest BCUT2D eigenvalue weighted by molar-refractivity contribution is 5.85. The lowest BCUT2D eigenvalue weighted by Crippen LogP contribution is -2.38. The summed E-state index contributed by atoms with van der Waals surface area (Å²) in [5.74, 6) is -0.845. The van der Waals surface area contributed by atoms with E-state index in [-0.39, 0.29) is 49.6 Å². The Kier molecular flexibility index (Phi) is 8.63. The third-order valence-corrected chi connectivity index (χ3v) is 3.20. The smallest absolute Gasteiger partial charge is 0.239 e. The summed E-state index contributed by atoms with van der Waals surface area (Å²) in [7, 11) is 0. The molecular formula is C14H24N4O4. The van der Waals surface area contributed by atoms with Crippen LogP contribution in [0.1, 0.15) is 38.5 Å². The normalized spacial score (nSPS) is 20.7. The fraction of sp³-hybridized carbons (Fsp3) is 0.714. The average molecular weight is 312 g/mol. The van der Waals surface area contributed by atoms with E-state index in [1.165, 1.54) is 0 Å². The summed E-state index contributed by atoms with van der Waals surface area (Å²) < 4.78 is 0. The van der Waals surface area contributed by atoms with E-state index in [2.05, 4.69) is 21.3 Å². The molecule has 0 aliphatic carbocycles. The Bertz CT molecular complexity index is 374. The van der Waals surface area contributed by atoms with Gasteiger partial charge in [-0.3, -0.25) is 19.2 Å². The summed E-state index contributed by atoms with van der Waals surface area (Å²) in [6.07, 6.45) is 3.14. The van der Waals surface area contributed by atoms with Crippen LogP contribution in [-0.4, -0.2) is 49.8 Å². The zero-order valence-electron chi connectivity index (χ0n) is 12.7. The number of hydrogen-bond donors (Lipinski definition) is 4. The van der Waals surface area contributed by atoms with Crippen LogP contribution in [0.5, 0.6) is 0 Å². The molecule has 1 aliphatic heterocycles. The van der Waals surface area contributed by atoms with Gasteiger partial charge in [0.1, 0.15) is 0 Å². The van der Waals surface area contributed by atoms with E-state index in [9.17, 15) is 19.2 Å². The number of rotatable bonds is 0. The van der Waals surface area contributed by atoms with Crippen molar-refractivity contribution in [2.45, 2.75) is 38.5 Å². The molecule has 0 saturated carbocycles. The highest BCUT2D eigenvalue weighted by atomic mass is 16.2. The van der Waals surface area contributed by atoms with E-state index >= 15 is 0 Å². The number of carbonyl (C=O) groups excluding carboxylic acids is 4. The van der Waals surface area contributed by atoms with E-state index in [1.807, 2.05) is 0 Å². The van der Waals surface area contributed by atoms with Gasteiger partial charge in [0, 0.05) is 25.9 Å². The van der Waals surface area contributed by atoms with Crippen LogP contribution >= 0.6 is 0 Å². The first-order valence-corrected chi connectivity index (χ1v) is 7.64. The number of amides is 4. The fourth-order valence-electron chi connectivity index (χ4n) is 1.94.